The highest BCUT2D eigenvalue weighted by atomic mass is 19.4. The van der Waals surface area contributed by atoms with E-state index in [2.05, 4.69) is 22.2 Å². The summed E-state index contributed by atoms with van der Waals surface area (Å²) in [6.07, 6.45) is -4.65. The number of nitrogens with one attached hydrogen (secondary N) is 1. The molecular formula is C25H23F3N5O+. The van der Waals surface area contributed by atoms with E-state index < -0.39 is 11.9 Å². The van der Waals surface area contributed by atoms with E-state index in [0.717, 1.165) is 30.2 Å². The Labute approximate surface area is 194 Å². The second-order valence-corrected chi connectivity index (χ2v) is 8.39. The SMILES string of the molecule is O=C(c1cc2nc(-c3ccccc3)cc(C(F)(F)F)n2n1)N1CC[NH+](Cc2ccccc2)CC1. The summed E-state index contributed by atoms with van der Waals surface area (Å²) in [6.45, 7) is 3.43. The van der Waals surface area contributed by atoms with Crippen LogP contribution in [0.4, 0.5) is 13.2 Å². The van der Waals surface area contributed by atoms with E-state index in [0.29, 0.717) is 18.7 Å². The number of nitrogens with zero attached hydrogens (tertiary/aromatic N) is 4. The molecule has 2 aromatic carbocycles. The molecule has 1 fully saturated rings. The number of hydrogen-bond donors (Lipinski definition) is 1. The molecule has 174 valence electrons. The Morgan fingerprint density at radius 3 is 2.24 bits per heavy atom. The lowest BCUT2D eigenvalue weighted by molar-refractivity contribution is -0.917. The van der Waals surface area contributed by atoms with Crippen LogP contribution >= 0.6 is 0 Å². The largest absolute Gasteiger partial charge is 0.433 e. The molecule has 5 rings (SSSR count). The minimum Gasteiger partial charge on any atom is -0.328 e. The third-order valence-electron chi connectivity index (χ3n) is 6.06. The number of aromatic nitrogens is 3. The normalized spacial score (nSPS) is 15.1. The molecule has 9 heteroatoms. The topological polar surface area (TPSA) is 54.9 Å². The molecule has 4 aromatic rings. The molecule has 6 nitrogen and oxygen atoms in total. The fraction of sp³-hybridized carbons (Fsp3) is 0.240. The van der Waals surface area contributed by atoms with Crippen LogP contribution in [-0.4, -0.2) is 51.6 Å². The Bertz CT molecular complexity index is 1300. The summed E-state index contributed by atoms with van der Waals surface area (Å²) >= 11 is 0. The van der Waals surface area contributed by atoms with E-state index in [1.54, 1.807) is 35.2 Å². The first-order valence-electron chi connectivity index (χ1n) is 11.1. The van der Waals surface area contributed by atoms with Crippen LogP contribution in [0.3, 0.4) is 0 Å². The summed E-state index contributed by atoms with van der Waals surface area (Å²) in [7, 11) is 0. The van der Waals surface area contributed by atoms with E-state index in [4.69, 9.17) is 0 Å². The van der Waals surface area contributed by atoms with Gasteiger partial charge in [-0.3, -0.25) is 4.79 Å². The van der Waals surface area contributed by atoms with Crippen molar-refractivity contribution in [1.29, 1.82) is 0 Å². The highest BCUT2D eigenvalue weighted by Gasteiger charge is 2.36. The number of quaternary nitrogens is 1. The number of halogens is 3. The van der Waals surface area contributed by atoms with E-state index in [1.807, 2.05) is 18.2 Å². The monoisotopic (exact) mass is 466 g/mol. The van der Waals surface area contributed by atoms with Gasteiger partial charge >= 0.3 is 6.18 Å². The molecular weight excluding hydrogens is 443 g/mol. The number of carbonyl (C=O) groups excluding carboxylic acids is 1. The number of amides is 1. The first kappa shape index (κ1) is 22.1. The molecule has 2 aromatic heterocycles. The average molecular weight is 466 g/mol. The van der Waals surface area contributed by atoms with Crippen molar-refractivity contribution in [3.8, 4) is 11.3 Å². The second-order valence-electron chi connectivity index (χ2n) is 8.39. The zero-order valence-electron chi connectivity index (χ0n) is 18.3. The van der Waals surface area contributed by atoms with Gasteiger partial charge in [-0.2, -0.15) is 18.3 Å². The molecule has 1 amide bonds. The van der Waals surface area contributed by atoms with Crippen LogP contribution in [0.15, 0.2) is 72.8 Å². The van der Waals surface area contributed by atoms with Gasteiger partial charge in [0.25, 0.3) is 5.91 Å². The van der Waals surface area contributed by atoms with Gasteiger partial charge in [0.15, 0.2) is 17.0 Å². The number of benzene rings is 2. The fourth-order valence-electron chi connectivity index (χ4n) is 4.29. The van der Waals surface area contributed by atoms with E-state index >= 15 is 0 Å². The van der Waals surface area contributed by atoms with E-state index in [-0.39, 0.29) is 22.9 Å². The standard InChI is InChI=1S/C25H22F3N5O/c26-25(27,28)22-15-20(19-9-5-2-6-10-19)29-23-16-21(30-33(22)23)24(34)32-13-11-31(12-14-32)17-18-7-3-1-4-8-18/h1-10,15-16H,11-14,17H2/p+1. The number of alkyl halides is 3. The first-order valence-corrected chi connectivity index (χ1v) is 11.1. The number of rotatable bonds is 4. The smallest absolute Gasteiger partial charge is 0.328 e. The third kappa shape index (κ3) is 4.51. The molecule has 0 saturated carbocycles. The molecule has 0 bridgehead atoms. The molecule has 1 aliphatic rings. The van der Waals surface area contributed by atoms with Crippen LogP contribution in [0, 0.1) is 0 Å². The Kier molecular flexibility index (Phi) is 5.79. The van der Waals surface area contributed by atoms with Crippen LogP contribution in [0.2, 0.25) is 0 Å². The lowest BCUT2D eigenvalue weighted by Crippen LogP contribution is -3.13. The van der Waals surface area contributed by atoms with Gasteiger partial charge in [-0.15, -0.1) is 0 Å². The van der Waals surface area contributed by atoms with E-state index in [9.17, 15) is 18.0 Å². The predicted molar refractivity (Wildman–Crippen MR) is 120 cm³/mol. The lowest BCUT2D eigenvalue weighted by atomic mass is 10.1. The second kappa shape index (κ2) is 8.90. The third-order valence-corrected chi connectivity index (χ3v) is 6.06. The van der Waals surface area contributed by atoms with Crippen LogP contribution in [0.1, 0.15) is 21.7 Å². The minimum atomic E-state index is -4.65. The van der Waals surface area contributed by atoms with Crippen molar-refractivity contribution in [1.82, 2.24) is 19.5 Å². The van der Waals surface area contributed by atoms with Crippen molar-refractivity contribution in [2.24, 2.45) is 0 Å². The minimum absolute atomic E-state index is 0.00892. The number of piperazine rings is 1. The molecule has 0 spiro atoms. The van der Waals surface area contributed by atoms with Crippen molar-refractivity contribution in [2.45, 2.75) is 12.7 Å². The van der Waals surface area contributed by atoms with Crippen LogP contribution < -0.4 is 4.90 Å². The van der Waals surface area contributed by atoms with Gasteiger partial charge in [0.1, 0.15) is 6.54 Å². The van der Waals surface area contributed by atoms with Gasteiger partial charge in [-0.25, -0.2) is 9.50 Å². The zero-order valence-corrected chi connectivity index (χ0v) is 18.3. The summed E-state index contributed by atoms with van der Waals surface area (Å²) in [4.78, 5) is 20.4. The molecule has 1 N–H and O–H groups in total. The van der Waals surface area contributed by atoms with Gasteiger partial charge < -0.3 is 9.80 Å². The first-order chi connectivity index (χ1) is 16.4. The van der Waals surface area contributed by atoms with Crippen LogP contribution in [0.25, 0.3) is 16.9 Å². The fourth-order valence-corrected chi connectivity index (χ4v) is 4.29. The Hall–Kier alpha value is -3.72. The predicted octanol–water partition coefficient (Wildman–Crippen LogP) is 2.96. The molecule has 3 heterocycles. The van der Waals surface area contributed by atoms with Gasteiger partial charge in [0.2, 0.25) is 0 Å². The number of hydrogen-bond acceptors (Lipinski definition) is 3. The Morgan fingerprint density at radius 2 is 1.59 bits per heavy atom. The number of fused-ring (bicyclic) bond motifs is 1. The molecule has 0 aliphatic carbocycles. The van der Waals surface area contributed by atoms with Gasteiger partial charge in [0.05, 0.1) is 31.9 Å². The lowest BCUT2D eigenvalue weighted by Gasteiger charge is -2.31. The average Bonchev–Trinajstić information content (AvgIpc) is 3.28. The summed E-state index contributed by atoms with van der Waals surface area (Å²) in [6, 6.07) is 21.1. The maximum atomic E-state index is 13.8. The maximum absolute atomic E-state index is 13.8. The molecule has 0 atom stereocenters. The van der Waals surface area contributed by atoms with Crippen molar-refractivity contribution in [3.63, 3.8) is 0 Å². The van der Waals surface area contributed by atoms with Gasteiger partial charge in [-0.05, 0) is 6.07 Å². The highest BCUT2D eigenvalue weighted by molar-refractivity contribution is 5.93. The Morgan fingerprint density at radius 1 is 0.941 bits per heavy atom. The molecule has 0 radical (unpaired) electrons. The van der Waals surface area contributed by atoms with Crippen LogP contribution in [-0.2, 0) is 12.7 Å². The summed E-state index contributed by atoms with van der Waals surface area (Å²) in [5, 5.41) is 4.01. The molecule has 1 saturated heterocycles. The summed E-state index contributed by atoms with van der Waals surface area (Å²) in [5.74, 6) is -0.376. The molecule has 34 heavy (non-hydrogen) atoms. The van der Waals surface area contributed by atoms with E-state index in [1.165, 1.54) is 16.5 Å². The van der Waals surface area contributed by atoms with Gasteiger partial charge in [0, 0.05) is 17.2 Å². The van der Waals surface area contributed by atoms with Crippen molar-refractivity contribution in [3.05, 3.63) is 89.7 Å². The van der Waals surface area contributed by atoms with Crippen molar-refractivity contribution >= 4 is 11.6 Å². The van der Waals surface area contributed by atoms with Crippen molar-refractivity contribution in [2.75, 3.05) is 26.2 Å². The zero-order chi connectivity index (χ0) is 23.7. The maximum Gasteiger partial charge on any atom is 0.433 e. The molecule has 1 aliphatic heterocycles. The highest BCUT2D eigenvalue weighted by Crippen LogP contribution is 2.32. The van der Waals surface area contributed by atoms with Crippen LogP contribution in [0.5, 0.6) is 0 Å². The summed E-state index contributed by atoms with van der Waals surface area (Å²) < 4.78 is 42.2. The summed E-state index contributed by atoms with van der Waals surface area (Å²) in [5.41, 5.74) is 0.963. The quantitative estimate of drug-likeness (QED) is 0.503. The molecule has 0 unspecified atom stereocenters. The Balaban J connectivity index is 1.38. The van der Waals surface area contributed by atoms with Crippen molar-refractivity contribution < 1.29 is 22.9 Å². The number of carbonyl (C=O) groups is 1. The van der Waals surface area contributed by atoms with Gasteiger partial charge in [-0.1, -0.05) is 60.7 Å².